The van der Waals surface area contributed by atoms with Gasteiger partial charge in [-0.1, -0.05) is 31.5 Å². The van der Waals surface area contributed by atoms with E-state index in [1.807, 2.05) is 43.3 Å². The maximum atomic E-state index is 12.4. The van der Waals surface area contributed by atoms with Gasteiger partial charge in [0.25, 0.3) is 0 Å². The van der Waals surface area contributed by atoms with E-state index in [0.717, 1.165) is 65.1 Å². The number of aryl methyl sites for hydroxylation is 1. The zero-order valence-electron chi connectivity index (χ0n) is 17.8. The molecule has 5 nitrogen and oxygen atoms in total. The van der Waals surface area contributed by atoms with E-state index in [4.69, 9.17) is 13.9 Å². The molecular weight excluding hydrogens is 390 g/mol. The van der Waals surface area contributed by atoms with Crippen molar-refractivity contribution in [3.8, 4) is 11.5 Å². The minimum atomic E-state index is -0.315. The zero-order chi connectivity index (χ0) is 21.4. The monoisotopic (exact) mass is 415 g/mol. The summed E-state index contributed by atoms with van der Waals surface area (Å²) in [7, 11) is 0. The number of rotatable bonds is 5. The van der Waals surface area contributed by atoms with Crippen LogP contribution in [-0.2, 0) is 6.54 Å². The molecule has 0 saturated heterocycles. The number of hydrogen-bond acceptors (Lipinski definition) is 5. The number of anilines is 1. The summed E-state index contributed by atoms with van der Waals surface area (Å²) in [6.45, 7) is 6.01. The Labute approximate surface area is 180 Å². The Bertz CT molecular complexity index is 1310. The molecule has 0 atom stereocenters. The van der Waals surface area contributed by atoms with Crippen LogP contribution < -0.4 is 20.0 Å². The highest BCUT2D eigenvalue weighted by atomic mass is 16.5. The van der Waals surface area contributed by atoms with Gasteiger partial charge in [0.05, 0.1) is 12.0 Å². The van der Waals surface area contributed by atoms with Crippen molar-refractivity contribution < 1.29 is 13.9 Å². The second-order valence-electron chi connectivity index (χ2n) is 7.97. The fraction of sp³-hybridized carbons (Fsp3) is 0.269. The molecule has 0 amide bonds. The van der Waals surface area contributed by atoms with Crippen LogP contribution in [0.1, 0.15) is 30.9 Å². The van der Waals surface area contributed by atoms with Crippen molar-refractivity contribution in [1.82, 2.24) is 0 Å². The summed E-state index contributed by atoms with van der Waals surface area (Å²) >= 11 is 0. The molecule has 158 valence electrons. The van der Waals surface area contributed by atoms with E-state index < -0.39 is 0 Å². The lowest BCUT2D eigenvalue weighted by atomic mass is 10.00. The van der Waals surface area contributed by atoms with Gasteiger partial charge in [-0.25, -0.2) is 4.79 Å². The Morgan fingerprint density at radius 3 is 2.58 bits per heavy atom. The van der Waals surface area contributed by atoms with Gasteiger partial charge in [-0.15, -0.1) is 0 Å². The number of unbranched alkanes of at least 4 members (excludes halogenated alkanes) is 1. The predicted molar refractivity (Wildman–Crippen MR) is 123 cm³/mol. The van der Waals surface area contributed by atoms with Crippen molar-refractivity contribution in [3.05, 3.63) is 76.1 Å². The third-order valence-corrected chi connectivity index (χ3v) is 5.86. The van der Waals surface area contributed by atoms with Crippen LogP contribution in [0.25, 0.3) is 21.7 Å². The normalized spacial score (nSPS) is 13.3. The van der Waals surface area contributed by atoms with E-state index in [1.54, 1.807) is 0 Å². The van der Waals surface area contributed by atoms with Crippen LogP contribution in [0.5, 0.6) is 11.5 Å². The van der Waals surface area contributed by atoms with Crippen LogP contribution >= 0.6 is 0 Å². The van der Waals surface area contributed by atoms with E-state index in [1.165, 1.54) is 0 Å². The van der Waals surface area contributed by atoms with Crippen molar-refractivity contribution in [3.63, 3.8) is 0 Å². The summed E-state index contributed by atoms with van der Waals surface area (Å²) in [4.78, 5) is 14.6. The molecule has 0 unspecified atom stereocenters. The first kappa shape index (κ1) is 19.5. The van der Waals surface area contributed by atoms with E-state index in [-0.39, 0.29) is 5.63 Å². The third-order valence-electron chi connectivity index (χ3n) is 5.86. The first-order valence-electron chi connectivity index (χ1n) is 10.7. The predicted octanol–water partition coefficient (Wildman–Crippen LogP) is 5.79. The van der Waals surface area contributed by atoms with Gasteiger partial charge in [-0.2, -0.15) is 0 Å². The highest BCUT2D eigenvalue weighted by molar-refractivity contribution is 6.06. The molecule has 1 aromatic heterocycles. The lowest BCUT2D eigenvalue weighted by Crippen LogP contribution is -2.32. The average Bonchev–Trinajstić information content (AvgIpc) is 2.81. The lowest BCUT2D eigenvalue weighted by molar-refractivity contribution is 0.287. The fourth-order valence-corrected chi connectivity index (χ4v) is 4.19. The summed E-state index contributed by atoms with van der Waals surface area (Å²) in [5.74, 6) is 1.69. The standard InChI is InChI=1S/C26H25NO4/c1-3-4-13-29-20-11-9-19(10-12-20)27-15-18-14-23-21-7-5-6-8-22(21)26(28)31-25(23)17(2)24(18)30-16-27/h5-12,14H,3-4,13,15-16H2,1-2H3. The molecule has 0 saturated carbocycles. The molecular formula is C26H25NO4. The molecule has 0 N–H and O–H groups in total. The average molecular weight is 415 g/mol. The molecule has 5 heteroatoms. The minimum absolute atomic E-state index is 0.315. The maximum Gasteiger partial charge on any atom is 0.344 e. The molecule has 3 aromatic carbocycles. The largest absolute Gasteiger partial charge is 0.494 e. The molecule has 2 heterocycles. The Morgan fingerprint density at radius 1 is 1.03 bits per heavy atom. The van der Waals surface area contributed by atoms with Gasteiger partial charge < -0.3 is 18.8 Å². The van der Waals surface area contributed by atoms with Gasteiger partial charge in [0.1, 0.15) is 17.1 Å². The Hall–Kier alpha value is -3.47. The lowest BCUT2D eigenvalue weighted by Gasteiger charge is -2.32. The van der Waals surface area contributed by atoms with Crippen molar-refractivity contribution in [2.45, 2.75) is 33.2 Å². The van der Waals surface area contributed by atoms with Crippen molar-refractivity contribution >= 4 is 27.4 Å². The molecule has 0 fully saturated rings. The van der Waals surface area contributed by atoms with E-state index in [2.05, 4.69) is 30.0 Å². The number of fused-ring (bicyclic) bond motifs is 4. The molecule has 0 radical (unpaired) electrons. The number of hydrogen-bond donors (Lipinski definition) is 0. The summed E-state index contributed by atoms with van der Waals surface area (Å²) < 4.78 is 17.6. The van der Waals surface area contributed by atoms with E-state index in [9.17, 15) is 4.79 Å². The van der Waals surface area contributed by atoms with Crippen LogP contribution in [0.3, 0.4) is 0 Å². The van der Waals surface area contributed by atoms with E-state index >= 15 is 0 Å². The van der Waals surface area contributed by atoms with Crippen molar-refractivity contribution in [2.24, 2.45) is 0 Å². The summed E-state index contributed by atoms with van der Waals surface area (Å²) in [5, 5.41) is 2.45. The Morgan fingerprint density at radius 2 is 1.81 bits per heavy atom. The van der Waals surface area contributed by atoms with Gasteiger partial charge >= 0.3 is 5.63 Å². The summed E-state index contributed by atoms with van der Waals surface area (Å²) in [6.07, 6.45) is 2.18. The summed E-state index contributed by atoms with van der Waals surface area (Å²) in [6, 6.07) is 17.8. The second kappa shape index (κ2) is 7.99. The fourth-order valence-electron chi connectivity index (χ4n) is 4.19. The quantitative estimate of drug-likeness (QED) is 0.235. The van der Waals surface area contributed by atoms with Crippen LogP contribution in [0.4, 0.5) is 5.69 Å². The Kier molecular flexibility index (Phi) is 5.02. The van der Waals surface area contributed by atoms with Gasteiger partial charge in [0.15, 0.2) is 6.73 Å². The minimum Gasteiger partial charge on any atom is -0.494 e. The smallest absolute Gasteiger partial charge is 0.344 e. The number of ether oxygens (including phenoxy) is 2. The molecule has 0 bridgehead atoms. The van der Waals surface area contributed by atoms with Crippen LogP contribution in [0, 0.1) is 6.92 Å². The zero-order valence-corrected chi connectivity index (χ0v) is 17.8. The molecule has 0 aliphatic carbocycles. The number of nitrogens with zero attached hydrogens (tertiary/aromatic N) is 1. The highest BCUT2D eigenvalue weighted by Crippen LogP contribution is 2.38. The van der Waals surface area contributed by atoms with Crippen LogP contribution in [-0.4, -0.2) is 13.3 Å². The summed E-state index contributed by atoms with van der Waals surface area (Å²) in [5.41, 5.74) is 3.32. The van der Waals surface area contributed by atoms with E-state index in [0.29, 0.717) is 17.7 Å². The Balaban J connectivity index is 1.49. The topological polar surface area (TPSA) is 51.9 Å². The number of benzene rings is 3. The van der Waals surface area contributed by atoms with Gasteiger partial charge in [-0.05, 0) is 55.1 Å². The third kappa shape index (κ3) is 3.50. The molecule has 31 heavy (non-hydrogen) atoms. The van der Waals surface area contributed by atoms with Gasteiger partial charge in [-0.3, -0.25) is 0 Å². The van der Waals surface area contributed by atoms with Crippen LogP contribution in [0.15, 0.2) is 63.8 Å². The molecule has 4 aromatic rings. The van der Waals surface area contributed by atoms with Gasteiger partial charge in [0.2, 0.25) is 0 Å². The van der Waals surface area contributed by atoms with Gasteiger partial charge in [0, 0.05) is 28.7 Å². The second-order valence-corrected chi connectivity index (χ2v) is 7.97. The molecule has 1 aliphatic heterocycles. The van der Waals surface area contributed by atoms with Crippen LogP contribution in [0.2, 0.25) is 0 Å². The SMILES string of the molecule is CCCCOc1ccc(N2COc3c(cc4c(oc(=O)c5ccccc54)c3C)C2)cc1. The first-order chi connectivity index (χ1) is 15.2. The molecule has 0 spiro atoms. The molecule has 5 rings (SSSR count). The first-order valence-corrected chi connectivity index (χ1v) is 10.7. The van der Waals surface area contributed by atoms with Crippen molar-refractivity contribution in [2.75, 3.05) is 18.2 Å². The van der Waals surface area contributed by atoms with Crippen molar-refractivity contribution in [1.29, 1.82) is 0 Å². The molecule has 1 aliphatic rings. The highest BCUT2D eigenvalue weighted by Gasteiger charge is 2.23. The maximum absolute atomic E-state index is 12.4.